The third-order valence-electron chi connectivity index (χ3n) is 5.53. The number of hydrogen-bond acceptors (Lipinski definition) is 2. The van der Waals surface area contributed by atoms with Crippen LogP contribution in [0.15, 0.2) is 0 Å². The Bertz CT molecular complexity index is 254. The van der Waals surface area contributed by atoms with E-state index in [4.69, 9.17) is 0 Å². The van der Waals surface area contributed by atoms with Crippen molar-refractivity contribution in [1.29, 1.82) is 0 Å². The summed E-state index contributed by atoms with van der Waals surface area (Å²) in [6.45, 7) is 11.0. The summed E-state index contributed by atoms with van der Waals surface area (Å²) in [6, 6.07) is 1.59. The highest BCUT2D eigenvalue weighted by Crippen LogP contribution is 2.27. The van der Waals surface area contributed by atoms with Gasteiger partial charge in [0.25, 0.3) is 0 Å². The van der Waals surface area contributed by atoms with Gasteiger partial charge in [-0.2, -0.15) is 0 Å². The van der Waals surface area contributed by atoms with Crippen LogP contribution in [0.3, 0.4) is 0 Å². The lowest BCUT2D eigenvalue weighted by Gasteiger charge is -2.34. The molecular formula is C17H34N2. The average molecular weight is 266 g/mol. The molecule has 1 aliphatic heterocycles. The Morgan fingerprint density at radius 3 is 2.79 bits per heavy atom. The summed E-state index contributed by atoms with van der Waals surface area (Å²) in [7, 11) is 0. The Labute approximate surface area is 120 Å². The molecule has 0 aromatic heterocycles. The number of hydrogen-bond donors (Lipinski definition) is 1. The van der Waals surface area contributed by atoms with Crippen molar-refractivity contribution < 1.29 is 0 Å². The van der Waals surface area contributed by atoms with Crippen LogP contribution in [0.25, 0.3) is 0 Å². The van der Waals surface area contributed by atoms with Crippen LogP contribution in [0.2, 0.25) is 0 Å². The fourth-order valence-electron chi connectivity index (χ4n) is 3.81. The second-order valence-corrected chi connectivity index (χ2v) is 7.06. The van der Waals surface area contributed by atoms with Crippen LogP contribution < -0.4 is 5.32 Å². The largest absolute Gasteiger partial charge is 0.312 e. The fraction of sp³-hybridized carbons (Fsp3) is 1.00. The summed E-state index contributed by atoms with van der Waals surface area (Å²) in [5, 5.41) is 3.78. The molecule has 0 aromatic carbocycles. The summed E-state index contributed by atoms with van der Waals surface area (Å²) >= 11 is 0. The molecule has 2 rings (SSSR count). The molecule has 4 unspecified atom stereocenters. The molecule has 1 heterocycles. The maximum atomic E-state index is 3.78. The lowest BCUT2D eigenvalue weighted by molar-refractivity contribution is 0.161. The van der Waals surface area contributed by atoms with Crippen LogP contribution >= 0.6 is 0 Å². The summed E-state index contributed by atoms with van der Waals surface area (Å²) in [5.74, 6) is 1.77. The number of nitrogens with zero attached hydrogens (tertiary/aromatic N) is 1. The highest BCUT2D eigenvalue weighted by atomic mass is 15.2. The molecule has 0 spiro atoms. The van der Waals surface area contributed by atoms with Crippen molar-refractivity contribution >= 4 is 0 Å². The maximum absolute atomic E-state index is 3.78. The molecule has 1 aliphatic carbocycles. The van der Waals surface area contributed by atoms with Gasteiger partial charge in [-0.3, -0.25) is 4.90 Å². The van der Waals surface area contributed by atoms with E-state index in [1.54, 1.807) is 0 Å². The Hall–Kier alpha value is -0.0800. The van der Waals surface area contributed by atoms with E-state index in [1.807, 2.05) is 0 Å². The van der Waals surface area contributed by atoms with Gasteiger partial charge in [-0.15, -0.1) is 0 Å². The predicted octanol–water partition coefficient (Wildman–Crippen LogP) is 3.67. The van der Waals surface area contributed by atoms with Gasteiger partial charge < -0.3 is 5.32 Å². The Morgan fingerprint density at radius 2 is 2.00 bits per heavy atom. The molecular weight excluding hydrogens is 232 g/mol. The van der Waals surface area contributed by atoms with E-state index in [1.165, 1.54) is 64.6 Å². The molecule has 0 radical (unpaired) electrons. The normalized spacial score (nSPS) is 36.5. The van der Waals surface area contributed by atoms with Crippen molar-refractivity contribution in [1.82, 2.24) is 10.2 Å². The smallest absolute Gasteiger partial charge is 0.0220 e. The molecule has 2 nitrogen and oxygen atoms in total. The molecule has 1 saturated carbocycles. The highest BCUT2D eigenvalue weighted by molar-refractivity contribution is 4.85. The van der Waals surface area contributed by atoms with Crippen molar-refractivity contribution in [2.24, 2.45) is 11.8 Å². The van der Waals surface area contributed by atoms with Gasteiger partial charge in [0.2, 0.25) is 0 Å². The molecule has 0 aromatic rings. The molecule has 2 fully saturated rings. The lowest BCUT2D eigenvalue weighted by atomic mass is 9.97. The first-order chi connectivity index (χ1) is 9.20. The number of rotatable bonds is 3. The van der Waals surface area contributed by atoms with Gasteiger partial charge in [-0.25, -0.2) is 0 Å². The Morgan fingerprint density at radius 1 is 1.16 bits per heavy atom. The Kier molecular flexibility index (Phi) is 6.15. The van der Waals surface area contributed by atoms with E-state index >= 15 is 0 Å². The van der Waals surface area contributed by atoms with Gasteiger partial charge >= 0.3 is 0 Å². The van der Waals surface area contributed by atoms with Crippen LogP contribution in [-0.2, 0) is 0 Å². The minimum Gasteiger partial charge on any atom is -0.312 e. The molecule has 2 heteroatoms. The first-order valence-corrected chi connectivity index (χ1v) is 8.68. The van der Waals surface area contributed by atoms with Crippen LogP contribution in [0.4, 0.5) is 0 Å². The second-order valence-electron chi connectivity index (χ2n) is 7.06. The molecule has 2 aliphatic rings. The number of nitrogens with one attached hydrogen (secondary N) is 1. The first kappa shape index (κ1) is 15.3. The minimum absolute atomic E-state index is 0.716. The van der Waals surface area contributed by atoms with Crippen molar-refractivity contribution in [3.05, 3.63) is 0 Å². The fourth-order valence-corrected chi connectivity index (χ4v) is 3.81. The van der Waals surface area contributed by atoms with E-state index in [0.29, 0.717) is 6.04 Å². The third-order valence-corrected chi connectivity index (χ3v) is 5.53. The standard InChI is InChI=1S/C17H34N2/c1-4-15(3)17-13-19(12-6-11-18-17)16-8-5-7-14(2)9-10-16/h14-18H,4-13H2,1-3H3. The average Bonchev–Trinajstić information content (AvgIpc) is 2.78. The Balaban J connectivity index is 1.93. The van der Waals surface area contributed by atoms with Crippen LogP contribution in [0.1, 0.15) is 65.7 Å². The quantitative estimate of drug-likeness (QED) is 0.784. The van der Waals surface area contributed by atoms with E-state index in [0.717, 1.165) is 17.9 Å². The molecule has 0 bridgehead atoms. The van der Waals surface area contributed by atoms with Gasteiger partial charge in [0.05, 0.1) is 0 Å². The van der Waals surface area contributed by atoms with Gasteiger partial charge in [0.15, 0.2) is 0 Å². The van der Waals surface area contributed by atoms with Crippen molar-refractivity contribution in [2.75, 3.05) is 19.6 Å². The molecule has 4 atom stereocenters. The van der Waals surface area contributed by atoms with E-state index in [-0.39, 0.29) is 0 Å². The van der Waals surface area contributed by atoms with Crippen LogP contribution in [0, 0.1) is 11.8 Å². The summed E-state index contributed by atoms with van der Waals surface area (Å²) in [5.41, 5.74) is 0. The zero-order chi connectivity index (χ0) is 13.7. The molecule has 19 heavy (non-hydrogen) atoms. The van der Waals surface area contributed by atoms with Crippen LogP contribution in [-0.4, -0.2) is 36.6 Å². The topological polar surface area (TPSA) is 15.3 Å². The SMILES string of the molecule is CCC(C)C1CN(C2CCCC(C)CC2)CCCN1. The predicted molar refractivity (Wildman–Crippen MR) is 83.5 cm³/mol. The molecule has 112 valence electrons. The zero-order valence-electron chi connectivity index (χ0n) is 13.3. The van der Waals surface area contributed by atoms with E-state index < -0.39 is 0 Å². The maximum Gasteiger partial charge on any atom is 0.0220 e. The van der Waals surface area contributed by atoms with Gasteiger partial charge in [0, 0.05) is 18.6 Å². The van der Waals surface area contributed by atoms with Crippen molar-refractivity contribution in [3.63, 3.8) is 0 Å². The molecule has 0 amide bonds. The summed E-state index contributed by atoms with van der Waals surface area (Å²) in [4.78, 5) is 2.83. The summed E-state index contributed by atoms with van der Waals surface area (Å²) in [6.07, 6.45) is 9.86. The highest BCUT2D eigenvalue weighted by Gasteiger charge is 2.27. The minimum atomic E-state index is 0.716. The van der Waals surface area contributed by atoms with E-state index in [9.17, 15) is 0 Å². The van der Waals surface area contributed by atoms with Crippen molar-refractivity contribution in [3.8, 4) is 0 Å². The zero-order valence-corrected chi connectivity index (χ0v) is 13.3. The molecule has 1 saturated heterocycles. The van der Waals surface area contributed by atoms with Crippen molar-refractivity contribution in [2.45, 2.75) is 77.8 Å². The van der Waals surface area contributed by atoms with Gasteiger partial charge in [0.1, 0.15) is 0 Å². The van der Waals surface area contributed by atoms with Crippen LogP contribution in [0.5, 0.6) is 0 Å². The first-order valence-electron chi connectivity index (χ1n) is 8.68. The van der Waals surface area contributed by atoms with Gasteiger partial charge in [-0.1, -0.05) is 40.0 Å². The van der Waals surface area contributed by atoms with Gasteiger partial charge in [-0.05, 0) is 50.6 Å². The molecule has 1 N–H and O–H groups in total. The lowest BCUT2D eigenvalue weighted by Crippen LogP contribution is -2.45. The van der Waals surface area contributed by atoms with E-state index in [2.05, 4.69) is 31.0 Å². The summed E-state index contributed by atoms with van der Waals surface area (Å²) < 4.78 is 0. The third kappa shape index (κ3) is 4.46. The second kappa shape index (κ2) is 7.64. The monoisotopic (exact) mass is 266 g/mol.